The molecule has 1 N–H and O–H groups in total. The van der Waals surface area contributed by atoms with Crippen LogP contribution in [0.15, 0.2) is 29.4 Å². The maximum Gasteiger partial charge on any atom is 0.230 e. The second-order valence-electron chi connectivity index (χ2n) is 6.31. The third kappa shape index (κ3) is 4.56. The van der Waals surface area contributed by atoms with Crippen molar-refractivity contribution in [3.63, 3.8) is 0 Å². The van der Waals surface area contributed by atoms with E-state index in [1.807, 2.05) is 31.2 Å². The van der Waals surface area contributed by atoms with Crippen LogP contribution in [0.3, 0.4) is 0 Å². The summed E-state index contributed by atoms with van der Waals surface area (Å²) in [4.78, 5) is 12.1. The molecular formula is C17H23N5OS. The second kappa shape index (κ2) is 8.28. The van der Waals surface area contributed by atoms with E-state index in [1.165, 1.54) is 43.9 Å². The number of carbonyl (C=O) groups is 1. The van der Waals surface area contributed by atoms with Gasteiger partial charge in [0.25, 0.3) is 0 Å². The zero-order valence-electron chi connectivity index (χ0n) is 13.9. The van der Waals surface area contributed by atoms with Crippen LogP contribution in [-0.4, -0.2) is 38.4 Å². The molecule has 128 valence electrons. The molecule has 1 amide bonds. The van der Waals surface area contributed by atoms with Crippen molar-refractivity contribution >= 4 is 17.7 Å². The van der Waals surface area contributed by atoms with E-state index in [2.05, 4.69) is 20.8 Å². The largest absolute Gasteiger partial charge is 0.355 e. The molecule has 0 aliphatic heterocycles. The topological polar surface area (TPSA) is 72.7 Å². The number of hydrogen-bond donors (Lipinski definition) is 1. The van der Waals surface area contributed by atoms with Crippen LogP contribution in [0.4, 0.5) is 0 Å². The highest BCUT2D eigenvalue weighted by Gasteiger charge is 2.15. The van der Waals surface area contributed by atoms with Gasteiger partial charge in [-0.25, -0.2) is 0 Å². The summed E-state index contributed by atoms with van der Waals surface area (Å²) in [6.45, 7) is 2.82. The molecule has 7 heteroatoms. The van der Waals surface area contributed by atoms with E-state index in [0.717, 1.165) is 17.8 Å². The van der Waals surface area contributed by atoms with Crippen LogP contribution >= 0.6 is 11.8 Å². The van der Waals surface area contributed by atoms with E-state index in [0.29, 0.717) is 16.8 Å². The Morgan fingerprint density at radius 1 is 1.33 bits per heavy atom. The lowest BCUT2D eigenvalue weighted by atomic mass is 9.89. The maximum absolute atomic E-state index is 12.1. The number of hydrogen-bond acceptors (Lipinski definition) is 5. The van der Waals surface area contributed by atoms with Crippen molar-refractivity contribution in [2.24, 2.45) is 5.92 Å². The quantitative estimate of drug-likeness (QED) is 0.815. The predicted octanol–water partition coefficient (Wildman–Crippen LogP) is 2.76. The normalized spacial score (nSPS) is 15.4. The Morgan fingerprint density at radius 3 is 2.96 bits per heavy atom. The summed E-state index contributed by atoms with van der Waals surface area (Å²) in [7, 11) is 0. The first-order valence-corrected chi connectivity index (χ1v) is 9.46. The first kappa shape index (κ1) is 17.0. The zero-order chi connectivity index (χ0) is 16.8. The van der Waals surface area contributed by atoms with Gasteiger partial charge in [-0.1, -0.05) is 43.2 Å². The Morgan fingerprint density at radius 2 is 2.17 bits per heavy atom. The molecule has 1 aliphatic rings. The average molecular weight is 345 g/mol. The standard InChI is InChI=1S/C17H23N5OS/c1-13-6-5-9-15(10-13)22-17(19-20-21-22)24-12-16(23)18-11-14-7-3-2-4-8-14/h5-6,9-10,14H,2-4,7-8,11-12H2,1H3,(H,18,23). The van der Waals surface area contributed by atoms with Gasteiger partial charge >= 0.3 is 0 Å². The zero-order valence-corrected chi connectivity index (χ0v) is 14.8. The van der Waals surface area contributed by atoms with Gasteiger partial charge in [-0.2, -0.15) is 4.68 Å². The number of rotatable bonds is 6. The van der Waals surface area contributed by atoms with Crippen molar-refractivity contribution in [3.05, 3.63) is 29.8 Å². The monoisotopic (exact) mass is 345 g/mol. The molecular weight excluding hydrogens is 322 g/mol. The SMILES string of the molecule is Cc1cccc(-n2nnnc2SCC(=O)NCC2CCCCC2)c1. The summed E-state index contributed by atoms with van der Waals surface area (Å²) in [5, 5.41) is 15.5. The summed E-state index contributed by atoms with van der Waals surface area (Å²) in [6, 6.07) is 7.97. The second-order valence-corrected chi connectivity index (χ2v) is 7.25. The molecule has 0 saturated heterocycles. The lowest BCUT2D eigenvalue weighted by molar-refractivity contribution is -0.118. The first-order valence-electron chi connectivity index (χ1n) is 8.47. The number of amides is 1. The lowest BCUT2D eigenvalue weighted by Crippen LogP contribution is -2.31. The fourth-order valence-corrected chi connectivity index (χ4v) is 3.74. The molecule has 0 radical (unpaired) electrons. The fourth-order valence-electron chi connectivity index (χ4n) is 3.02. The van der Waals surface area contributed by atoms with Crippen molar-refractivity contribution in [2.45, 2.75) is 44.2 Å². The number of nitrogens with one attached hydrogen (secondary N) is 1. The average Bonchev–Trinajstić information content (AvgIpc) is 3.08. The number of carbonyl (C=O) groups excluding carboxylic acids is 1. The molecule has 2 aromatic rings. The molecule has 0 bridgehead atoms. The molecule has 3 rings (SSSR count). The Hall–Kier alpha value is -1.89. The molecule has 1 saturated carbocycles. The smallest absolute Gasteiger partial charge is 0.230 e. The Kier molecular flexibility index (Phi) is 5.85. The van der Waals surface area contributed by atoms with Crippen molar-refractivity contribution in [1.82, 2.24) is 25.5 Å². The summed E-state index contributed by atoms with van der Waals surface area (Å²) in [6.07, 6.45) is 6.39. The van der Waals surface area contributed by atoms with Gasteiger partial charge in [0.15, 0.2) is 0 Å². The highest BCUT2D eigenvalue weighted by Crippen LogP contribution is 2.23. The number of benzene rings is 1. The van der Waals surface area contributed by atoms with Gasteiger partial charge in [0, 0.05) is 6.54 Å². The number of tetrazole rings is 1. The van der Waals surface area contributed by atoms with Crippen LogP contribution in [0.2, 0.25) is 0 Å². The molecule has 6 nitrogen and oxygen atoms in total. The van der Waals surface area contributed by atoms with Crippen LogP contribution in [0.1, 0.15) is 37.7 Å². The van der Waals surface area contributed by atoms with E-state index < -0.39 is 0 Å². The minimum atomic E-state index is 0.0457. The van der Waals surface area contributed by atoms with Gasteiger partial charge in [-0.05, 0) is 53.8 Å². The Labute approximate surface area is 146 Å². The van der Waals surface area contributed by atoms with E-state index in [1.54, 1.807) is 4.68 Å². The Bertz CT molecular complexity index is 681. The third-order valence-corrected chi connectivity index (χ3v) is 5.25. The van der Waals surface area contributed by atoms with Crippen molar-refractivity contribution in [2.75, 3.05) is 12.3 Å². The van der Waals surface area contributed by atoms with Gasteiger partial charge in [-0.15, -0.1) is 5.10 Å². The first-order chi connectivity index (χ1) is 11.7. The molecule has 0 unspecified atom stereocenters. The molecule has 1 aliphatic carbocycles. The summed E-state index contributed by atoms with van der Waals surface area (Å²) >= 11 is 1.36. The van der Waals surface area contributed by atoms with Crippen LogP contribution in [0, 0.1) is 12.8 Å². The number of nitrogens with zero attached hydrogens (tertiary/aromatic N) is 4. The molecule has 0 spiro atoms. The minimum Gasteiger partial charge on any atom is -0.355 e. The summed E-state index contributed by atoms with van der Waals surface area (Å²) in [5.74, 6) is 1.02. The Balaban J connectivity index is 1.51. The number of aromatic nitrogens is 4. The molecule has 0 atom stereocenters. The van der Waals surface area contributed by atoms with Gasteiger partial charge in [0.2, 0.25) is 11.1 Å². The molecule has 1 aromatic carbocycles. The van der Waals surface area contributed by atoms with Gasteiger partial charge in [0.1, 0.15) is 0 Å². The number of thioether (sulfide) groups is 1. The highest BCUT2D eigenvalue weighted by molar-refractivity contribution is 7.99. The maximum atomic E-state index is 12.1. The van der Waals surface area contributed by atoms with Crippen molar-refractivity contribution in [1.29, 1.82) is 0 Å². The lowest BCUT2D eigenvalue weighted by Gasteiger charge is -2.21. The molecule has 1 fully saturated rings. The highest BCUT2D eigenvalue weighted by atomic mass is 32.2. The molecule has 24 heavy (non-hydrogen) atoms. The van der Waals surface area contributed by atoms with Gasteiger partial charge in [0.05, 0.1) is 11.4 Å². The van der Waals surface area contributed by atoms with Crippen molar-refractivity contribution < 1.29 is 4.79 Å². The fraction of sp³-hybridized carbons (Fsp3) is 0.529. The third-order valence-electron chi connectivity index (χ3n) is 4.33. The van der Waals surface area contributed by atoms with Crippen LogP contribution < -0.4 is 5.32 Å². The van der Waals surface area contributed by atoms with Gasteiger partial charge < -0.3 is 5.32 Å². The van der Waals surface area contributed by atoms with Crippen LogP contribution in [0.5, 0.6) is 0 Å². The summed E-state index contributed by atoms with van der Waals surface area (Å²) in [5.41, 5.74) is 2.05. The summed E-state index contributed by atoms with van der Waals surface area (Å²) < 4.78 is 1.67. The van der Waals surface area contributed by atoms with E-state index in [9.17, 15) is 4.79 Å². The van der Waals surface area contributed by atoms with Gasteiger partial charge in [-0.3, -0.25) is 4.79 Å². The van der Waals surface area contributed by atoms with E-state index in [-0.39, 0.29) is 5.91 Å². The van der Waals surface area contributed by atoms with E-state index >= 15 is 0 Å². The predicted molar refractivity (Wildman–Crippen MR) is 94.2 cm³/mol. The minimum absolute atomic E-state index is 0.0457. The molecule has 1 heterocycles. The van der Waals surface area contributed by atoms with Crippen LogP contribution in [-0.2, 0) is 4.79 Å². The molecule has 1 aromatic heterocycles. The van der Waals surface area contributed by atoms with Crippen LogP contribution in [0.25, 0.3) is 5.69 Å². The van der Waals surface area contributed by atoms with E-state index in [4.69, 9.17) is 0 Å². The number of aryl methyl sites for hydroxylation is 1. The van der Waals surface area contributed by atoms with Crippen molar-refractivity contribution in [3.8, 4) is 5.69 Å².